The summed E-state index contributed by atoms with van der Waals surface area (Å²) in [5.74, 6) is 1.34. The molecule has 4 rings (SSSR count). The molecule has 1 aliphatic carbocycles. The Morgan fingerprint density at radius 2 is 1.64 bits per heavy atom. The zero-order chi connectivity index (χ0) is 23.0. The molecule has 3 aromatic rings. The van der Waals surface area contributed by atoms with Crippen molar-refractivity contribution in [3.05, 3.63) is 71.8 Å². The van der Waals surface area contributed by atoms with Crippen LogP contribution < -0.4 is 14.8 Å². The van der Waals surface area contributed by atoms with Gasteiger partial charge in [0.2, 0.25) is 0 Å². The van der Waals surface area contributed by atoms with E-state index in [1.54, 1.807) is 7.11 Å². The average molecular weight is 446 g/mol. The van der Waals surface area contributed by atoms with Gasteiger partial charge in [0.05, 0.1) is 7.11 Å². The van der Waals surface area contributed by atoms with Crippen molar-refractivity contribution in [3.63, 3.8) is 0 Å². The van der Waals surface area contributed by atoms with E-state index in [1.807, 2.05) is 42.5 Å². The maximum absolute atomic E-state index is 12.3. The number of methoxy groups -OCH3 is 1. The van der Waals surface area contributed by atoms with E-state index < -0.39 is 0 Å². The molecule has 1 aliphatic rings. The standard InChI is InChI=1S/C28H31NO4/c1-32-25-12-10-21(11-13-25)27(15-16-30)22-8-7-20-9-14-26(18-23(20)17-22)33-19-28(31)29-24-5-3-2-4-6-24/h7-14,16-18,24,27H,2-6,15,19H2,1H3,(H,29,31). The fourth-order valence-electron chi connectivity index (χ4n) is 4.61. The highest BCUT2D eigenvalue weighted by Crippen LogP contribution is 2.32. The molecule has 0 aromatic heterocycles. The van der Waals surface area contributed by atoms with Crippen LogP contribution in [0.4, 0.5) is 0 Å². The van der Waals surface area contributed by atoms with E-state index in [1.165, 1.54) is 19.3 Å². The Hall–Kier alpha value is -3.34. The van der Waals surface area contributed by atoms with Crippen LogP contribution in [0.15, 0.2) is 60.7 Å². The van der Waals surface area contributed by atoms with Gasteiger partial charge >= 0.3 is 0 Å². The van der Waals surface area contributed by atoms with Gasteiger partial charge < -0.3 is 19.6 Å². The van der Waals surface area contributed by atoms with Gasteiger partial charge in [-0.05, 0) is 59.0 Å². The molecule has 1 amide bonds. The Kier molecular flexibility index (Phi) is 7.61. The molecule has 1 N–H and O–H groups in total. The summed E-state index contributed by atoms with van der Waals surface area (Å²) in [6.07, 6.45) is 7.09. The van der Waals surface area contributed by atoms with Crippen molar-refractivity contribution >= 4 is 23.0 Å². The number of carbonyl (C=O) groups excluding carboxylic acids is 2. The maximum Gasteiger partial charge on any atom is 0.258 e. The number of hydrogen-bond donors (Lipinski definition) is 1. The normalized spacial score (nSPS) is 15.1. The minimum absolute atomic E-state index is 0.0152. The van der Waals surface area contributed by atoms with Crippen LogP contribution in [-0.4, -0.2) is 32.0 Å². The zero-order valence-electron chi connectivity index (χ0n) is 19.1. The van der Waals surface area contributed by atoms with Crippen molar-refractivity contribution in [3.8, 4) is 11.5 Å². The third-order valence-electron chi connectivity index (χ3n) is 6.43. The molecule has 33 heavy (non-hydrogen) atoms. The van der Waals surface area contributed by atoms with Gasteiger partial charge in [-0.1, -0.05) is 55.7 Å². The van der Waals surface area contributed by atoms with E-state index in [2.05, 4.69) is 23.5 Å². The Morgan fingerprint density at radius 1 is 0.939 bits per heavy atom. The van der Waals surface area contributed by atoms with Crippen LogP contribution >= 0.6 is 0 Å². The molecule has 1 saturated carbocycles. The van der Waals surface area contributed by atoms with E-state index in [0.717, 1.165) is 46.8 Å². The number of ether oxygens (including phenoxy) is 2. The first-order valence-corrected chi connectivity index (χ1v) is 11.7. The predicted molar refractivity (Wildman–Crippen MR) is 130 cm³/mol. The van der Waals surface area contributed by atoms with Gasteiger partial charge in [0.15, 0.2) is 6.61 Å². The molecule has 3 aromatic carbocycles. The molecular weight excluding hydrogens is 414 g/mol. The number of rotatable bonds is 9. The van der Waals surface area contributed by atoms with Crippen LogP contribution in [-0.2, 0) is 9.59 Å². The highest BCUT2D eigenvalue weighted by Gasteiger charge is 2.17. The molecule has 0 radical (unpaired) electrons. The van der Waals surface area contributed by atoms with Gasteiger partial charge in [-0.3, -0.25) is 4.79 Å². The first-order chi connectivity index (χ1) is 16.2. The van der Waals surface area contributed by atoms with Crippen LogP contribution in [0.5, 0.6) is 11.5 Å². The Labute approximate surface area is 195 Å². The van der Waals surface area contributed by atoms with Gasteiger partial charge in [0.25, 0.3) is 5.91 Å². The topological polar surface area (TPSA) is 64.6 Å². The summed E-state index contributed by atoms with van der Waals surface area (Å²) in [5.41, 5.74) is 2.13. The van der Waals surface area contributed by atoms with Gasteiger partial charge in [-0.15, -0.1) is 0 Å². The van der Waals surface area contributed by atoms with E-state index in [4.69, 9.17) is 9.47 Å². The second-order valence-electron chi connectivity index (χ2n) is 8.69. The summed E-state index contributed by atoms with van der Waals surface area (Å²) in [6, 6.07) is 20.2. The summed E-state index contributed by atoms with van der Waals surface area (Å²) in [5, 5.41) is 5.18. The van der Waals surface area contributed by atoms with E-state index >= 15 is 0 Å². The molecule has 5 heteroatoms. The molecule has 5 nitrogen and oxygen atoms in total. The second kappa shape index (κ2) is 11.0. The summed E-state index contributed by atoms with van der Waals surface area (Å²) in [7, 11) is 1.64. The fraction of sp³-hybridized carbons (Fsp3) is 0.357. The van der Waals surface area contributed by atoms with E-state index in [0.29, 0.717) is 12.2 Å². The van der Waals surface area contributed by atoms with Crippen LogP contribution in [0.25, 0.3) is 10.8 Å². The molecule has 1 fully saturated rings. The lowest BCUT2D eigenvalue weighted by Gasteiger charge is -2.22. The van der Waals surface area contributed by atoms with E-state index in [-0.39, 0.29) is 24.5 Å². The quantitative estimate of drug-likeness (QED) is 0.448. The summed E-state index contributed by atoms with van der Waals surface area (Å²) < 4.78 is 11.0. The van der Waals surface area contributed by atoms with Gasteiger partial charge in [0.1, 0.15) is 17.8 Å². The van der Waals surface area contributed by atoms with Crippen molar-refractivity contribution in [1.29, 1.82) is 0 Å². The number of nitrogens with one attached hydrogen (secondary N) is 1. The molecule has 0 heterocycles. The van der Waals surface area contributed by atoms with Gasteiger partial charge in [-0.2, -0.15) is 0 Å². The number of aldehydes is 1. The molecule has 0 saturated heterocycles. The van der Waals surface area contributed by atoms with Crippen molar-refractivity contribution in [2.24, 2.45) is 0 Å². The third kappa shape index (κ3) is 5.92. The Morgan fingerprint density at radius 3 is 2.36 bits per heavy atom. The first-order valence-electron chi connectivity index (χ1n) is 11.7. The molecule has 0 aliphatic heterocycles. The third-order valence-corrected chi connectivity index (χ3v) is 6.43. The Balaban J connectivity index is 1.48. The number of carbonyl (C=O) groups is 2. The van der Waals surface area contributed by atoms with Crippen LogP contribution in [0.2, 0.25) is 0 Å². The molecule has 1 unspecified atom stereocenters. The molecule has 172 valence electrons. The van der Waals surface area contributed by atoms with E-state index in [9.17, 15) is 9.59 Å². The van der Waals surface area contributed by atoms with Gasteiger partial charge in [0, 0.05) is 18.4 Å². The number of hydrogen-bond acceptors (Lipinski definition) is 4. The maximum atomic E-state index is 12.3. The lowest BCUT2D eigenvalue weighted by atomic mass is 9.88. The minimum Gasteiger partial charge on any atom is -0.497 e. The lowest BCUT2D eigenvalue weighted by Crippen LogP contribution is -2.38. The first kappa shape index (κ1) is 22.8. The predicted octanol–water partition coefficient (Wildman–Crippen LogP) is 5.40. The lowest BCUT2D eigenvalue weighted by molar-refractivity contribution is -0.124. The number of benzene rings is 3. The molecule has 1 atom stereocenters. The number of amides is 1. The summed E-state index contributed by atoms with van der Waals surface area (Å²) in [4.78, 5) is 23.7. The number of fused-ring (bicyclic) bond motifs is 1. The van der Waals surface area contributed by atoms with Crippen molar-refractivity contribution < 1.29 is 19.1 Å². The Bertz CT molecular complexity index is 1090. The van der Waals surface area contributed by atoms with Crippen LogP contribution in [0.1, 0.15) is 55.6 Å². The van der Waals surface area contributed by atoms with Gasteiger partial charge in [-0.25, -0.2) is 0 Å². The highest BCUT2D eigenvalue weighted by molar-refractivity contribution is 5.85. The summed E-state index contributed by atoms with van der Waals surface area (Å²) in [6.45, 7) is 0.0152. The molecule has 0 spiro atoms. The van der Waals surface area contributed by atoms with Crippen molar-refractivity contribution in [2.45, 2.75) is 50.5 Å². The molecular formula is C28H31NO4. The molecule has 0 bridgehead atoms. The average Bonchev–Trinajstić information content (AvgIpc) is 2.86. The minimum atomic E-state index is -0.0682. The smallest absolute Gasteiger partial charge is 0.258 e. The zero-order valence-corrected chi connectivity index (χ0v) is 19.1. The highest BCUT2D eigenvalue weighted by atomic mass is 16.5. The monoisotopic (exact) mass is 445 g/mol. The second-order valence-corrected chi connectivity index (χ2v) is 8.69. The summed E-state index contributed by atoms with van der Waals surface area (Å²) >= 11 is 0. The largest absolute Gasteiger partial charge is 0.497 e. The van der Waals surface area contributed by atoms with Crippen LogP contribution in [0, 0.1) is 0 Å². The van der Waals surface area contributed by atoms with Crippen LogP contribution in [0.3, 0.4) is 0 Å². The SMILES string of the molecule is COc1ccc(C(CC=O)c2ccc3ccc(OCC(=O)NC4CCCCC4)cc3c2)cc1. The van der Waals surface area contributed by atoms with Crippen molar-refractivity contribution in [2.75, 3.05) is 13.7 Å². The van der Waals surface area contributed by atoms with Crippen molar-refractivity contribution in [1.82, 2.24) is 5.32 Å². The fourth-order valence-corrected chi connectivity index (χ4v) is 4.61.